The summed E-state index contributed by atoms with van der Waals surface area (Å²) in [6.07, 6.45) is 3.32. The van der Waals surface area contributed by atoms with Crippen molar-refractivity contribution in [3.8, 4) is 0 Å². The second-order valence-electron chi connectivity index (χ2n) is 5.83. The Labute approximate surface area is 136 Å². The maximum Gasteiger partial charge on any atom is 0.293 e. The van der Waals surface area contributed by atoms with E-state index >= 15 is 0 Å². The van der Waals surface area contributed by atoms with Gasteiger partial charge in [-0.3, -0.25) is 14.9 Å². The number of likely N-dealkylation sites (tertiary alicyclic amines) is 1. The standard InChI is InChI=1S/C16H24N4O3/c1-3-13(11-19-8-4-5-9-19)18-14-7-6-12(16(21)17-2)10-15(14)20(22)23/h6-7,10,13,18H,3-5,8-9,11H2,1-2H3,(H,17,21)/t13-/m1/s1. The second kappa shape index (κ2) is 7.92. The van der Waals surface area contributed by atoms with Crippen LogP contribution >= 0.6 is 0 Å². The Kier molecular flexibility index (Phi) is 5.92. The summed E-state index contributed by atoms with van der Waals surface area (Å²) >= 11 is 0. The van der Waals surface area contributed by atoms with E-state index in [1.165, 1.54) is 26.0 Å². The molecule has 1 aromatic rings. The monoisotopic (exact) mass is 320 g/mol. The fourth-order valence-electron chi connectivity index (χ4n) is 2.86. The fraction of sp³-hybridized carbons (Fsp3) is 0.562. The average molecular weight is 320 g/mol. The normalized spacial score (nSPS) is 16.1. The highest BCUT2D eigenvalue weighted by molar-refractivity contribution is 5.95. The topological polar surface area (TPSA) is 87.5 Å². The van der Waals surface area contributed by atoms with Crippen molar-refractivity contribution in [2.45, 2.75) is 32.2 Å². The summed E-state index contributed by atoms with van der Waals surface area (Å²) in [6, 6.07) is 4.70. The summed E-state index contributed by atoms with van der Waals surface area (Å²) in [5, 5.41) is 17.1. The van der Waals surface area contributed by atoms with E-state index in [0.29, 0.717) is 5.69 Å². The van der Waals surface area contributed by atoms with E-state index < -0.39 is 4.92 Å². The molecule has 1 fully saturated rings. The largest absolute Gasteiger partial charge is 0.375 e. The minimum atomic E-state index is -0.447. The highest BCUT2D eigenvalue weighted by Crippen LogP contribution is 2.27. The molecule has 1 amide bonds. The maximum atomic E-state index is 11.6. The number of carbonyl (C=O) groups is 1. The molecule has 2 rings (SSSR count). The van der Waals surface area contributed by atoms with Crippen LogP contribution in [0.1, 0.15) is 36.5 Å². The molecule has 0 aromatic heterocycles. The van der Waals surface area contributed by atoms with Crippen molar-refractivity contribution in [2.75, 3.05) is 32.0 Å². The summed E-state index contributed by atoms with van der Waals surface area (Å²) in [5.41, 5.74) is 0.692. The van der Waals surface area contributed by atoms with E-state index in [1.807, 2.05) is 0 Å². The number of nitrogens with zero attached hydrogens (tertiary/aromatic N) is 2. The van der Waals surface area contributed by atoms with Gasteiger partial charge in [0.1, 0.15) is 5.69 Å². The lowest BCUT2D eigenvalue weighted by atomic mass is 10.1. The minimum absolute atomic E-state index is 0.0639. The Hall–Kier alpha value is -2.15. The summed E-state index contributed by atoms with van der Waals surface area (Å²) < 4.78 is 0. The molecular formula is C16H24N4O3. The number of nitro groups is 1. The Morgan fingerprint density at radius 1 is 1.39 bits per heavy atom. The van der Waals surface area contributed by atoms with Crippen LogP contribution in [0.2, 0.25) is 0 Å². The van der Waals surface area contributed by atoms with Crippen molar-refractivity contribution in [2.24, 2.45) is 0 Å². The first-order valence-electron chi connectivity index (χ1n) is 8.04. The highest BCUT2D eigenvalue weighted by atomic mass is 16.6. The van der Waals surface area contributed by atoms with Crippen LogP contribution in [0.5, 0.6) is 0 Å². The van der Waals surface area contributed by atoms with Crippen LogP contribution in [0.4, 0.5) is 11.4 Å². The van der Waals surface area contributed by atoms with Gasteiger partial charge >= 0.3 is 0 Å². The quantitative estimate of drug-likeness (QED) is 0.594. The third-order valence-electron chi connectivity index (χ3n) is 4.21. The Morgan fingerprint density at radius 2 is 2.09 bits per heavy atom. The Balaban J connectivity index is 2.16. The first-order chi connectivity index (χ1) is 11.0. The molecule has 7 heteroatoms. The molecule has 0 aliphatic carbocycles. The fourth-order valence-corrected chi connectivity index (χ4v) is 2.86. The van der Waals surface area contributed by atoms with Gasteiger partial charge in [-0.05, 0) is 44.5 Å². The van der Waals surface area contributed by atoms with Gasteiger partial charge in [0.2, 0.25) is 0 Å². The first kappa shape index (κ1) is 17.2. The predicted octanol–water partition coefficient (Wildman–Crippen LogP) is 2.24. The number of nitrogens with one attached hydrogen (secondary N) is 2. The van der Waals surface area contributed by atoms with Crippen LogP contribution in [-0.4, -0.2) is 48.5 Å². The van der Waals surface area contributed by atoms with E-state index in [1.54, 1.807) is 12.1 Å². The highest BCUT2D eigenvalue weighted by Gasteiger charge is 2.21. The van der Waals surface area contributed by atoms with Gasteiger partial charge in [-0.25, -0.2) is 0 Å². The number of rotatable bonds is 7. The molecule has 1 saturated heterocycles. The summed E-state index contributed by atoms with van der Waals surface area (Å²) in [6.45, 7) is 5.13. The lowest BCUT2D eigenvalue weighted by molar-refractivity contribution is -0.384. The summed E-state index contributed by atoms with van der Waals surface area (Å²) in [5.74, 6) is -0.330. The molecule has 1 atom stereocenters. The SMILES string of the molecule is CC[C@H](CN1CCCC1)Nc1ccc(C(=O)NC)cc1[N+](=O)[O-]. The minimum Gasteiger partial charge on any atom is -0.375 e. The number of benzene rings is 1. The van der Waals surface area contributed by atoms with E-state index in [9.17, 15) is 14.9 Å². The molecule has 23 heavy (non-hydrogen) atoms. The molecule has 0 spiro atoms. The number of hydrogen-bond donors (Lipinski definition) is 2. The van der Waals surface area contributed by atoms with Crippen LogP contribution in [0.3, 0.4) is 0 Å². The smallest absolute Gasteiger partial charge is 0.293 e. The van der Waals surface area contributed by atoms with Crippen molar-refractivity contribution in [3.63, 3.8) is 0 Å². The Morgan fingerprint density at radius 3 is 2.65 bits per heavy atom. The maximum absolute atomic E-state index is 11.6. The van der Waals surface area contributed by atoms with Crippen molar-refractivity contribution in [1.82, 2.24) is 10.2 Å². The van der Waals surface area contributed by atoms with Gasteiger partial charge in [0.25, 0.3) is 11.6 Å². The predicted molar refractivity (Wildman–Crippen MR) is 89.9 cm³/mol. The molecule has 1 heterocycles. The third-order valence-corrected chi connectivity index (χ3v) is 4.21. The van der Waals surface area contributed by atoms with Crippen LogP contribution in [-0.2, 0) is 0 Å². The number of nitro benzene ring substituents is 1. The molecule has 1 aliphatic heterocycles. The zero-order valence-corrected chi connectivity index (χ0v) is 13.7. The molecule has 2 N–H and O–H groups in total. The van der Waals surface area contributed by atoms with E-state index in [4.69, 9.17) is 0 Å². The summed E-state index contributed by atoms with van der Waals surface area (Å²) in [4.78, 5) is 24.9. The summed E-state index contributed by atoms with van der Waals surface area (Å²) in [7, 11) is 1.50. The molecule has 0 bridgehead atoms. The van der Waals surface area contributed by atoms with Crippen LogP contribution in [0, 0.1) is 10.1 Å². The van der Waals surface area contributed by atoms with Crippen molar-refractivity contribution >= 4 is 17.3 Å². The number of anilines is 1. The van der Waals surface area contributed by atoms with E-state index in [0.717, 1.165) is 26.1 Å². The molecule has 0 unspecified atom stereocenters. The number of hydrogen-bond acceptors (Lipinski definition) is 5. The first-order valence-corrected chi connectivity index (χ1v) is 8.04. The van der Waals surface area contributed by atoms with Crippen LogP contribution < -0.4 is 10.6 Å². The Bertz CT molecular complexity index is 570. The molecule has 0 radical (unpaired) electrons. The van der Waals surface area contributed by atoms with Gasteiger partial charge < -0.3 is 15.5 Å². The number of carbonyl (C=O) groups excluding carboxylic acids is 1. The molecule has 1 aromatic carbocycles. The van der Waals surface area contributed by atoms with Gasteiger partial charge in [-0.2, -0.15) is 0 Å². The van der Waals surface area contributed by atoms with E-state index in [-0.39, 0.29) is 23.2 Å². The molecule has 126 valence electrons. The van der Waals surface area contributed by atoms with Crippen molar-refractivity contribution in [1.29, 1.82) is 0 Å². The second-order valence-corrected chi connectivity index (χ2v) is 5.83. The van der Waals surface area contributed by atoms with Gasteiger partial charge in [0.05, 0.1) is 4.92 Å². The molecule has 7 nitrogen and oxygen atoms in total. The van der Waals surface area contributed by atoms with Crippen molar-refractivity contribution in [3.05, 3.63) is 33.9 Å². The van der Waals surface area contributed by atoms with Gasteiger partial charge in [-0.1, -0.05) is 6.92 Å². The lowest BCUT2D eigenvalue weighted by Crippen LogP contribution is -2.34. The lowest BCUT2D eigenvalue weighted by Gasteiger charge is -2.24. The third kappa shape index (κ3) is 4.41. The van der Waals surface area contributed by atoms with Gasteiger partial charge in [-0.15, -0.1) is 0 Å². The zero-order chi connectivity index (χ0) is 16.8. The van der Waals surface area contributed by atoms with Gasteiger partial charge in [0.15, 0.2) is 0 Å². The van der Waals surface area contributed by atoms with Crippen LogP contribution in [0.15, 0.2) is 18.2 Å². The van der Waals surface area contributed by atoms with E-state index in [2.05, 4.69) is 22.5 Å². The molecular weight excluding hydrogens is 296 g/mol. The zero-order valence-electron chi connectivity index (χ0n) is 13.7. The number of amides is 1. The average Bonchev–Trinajstić information content (AvgIpc) is 3.06. The molecule has 1 aliphatic rings. The van der Waals surface area contributed by atoms with Crippen molar-refractivity contribution < 1.29 is 9.72 Å². The van der Waals surface area contributed by atoms with Gasteiger partial charge in [0, 0.05) is 31.3 Å². The van der Waals surface area contributed by atoms with Crippen LogP contribution in [0.25, 0.3) is 0 Å². The molecule has 0 saturated carbocycles.